The third-order valence-corrected chi connectivity index (χ3v) is 4.00. The van der Waals surface area contributed by atoms with Crippen LogP contribution in [0.25, 0.3) is 5.65 Å². The van der Waals surface area contributed by atoms with Crippen molar-refractivity contribution in [2.75, 3.05) is 0 Å². The second kappa shape index (κ2) is 2.83. The molecule has 4 heteroatoms. The first kappa shape index (κ1) is 9.78. The Kier molecular flexibility index (Phi) is 1.73. The van der Waals surface area contributed by atoms with Crippen molar-refractivity contribution in [3.63, 3.8) is 0 Å². The molecule has 84 valence electrons. The summed E-state index contributed by atoms with van der Waals surface area (Å²) in [4.78, 5) is 4.39. The first-order valence-electron chi connectivity index (χ1n) is 5.62. The molecule has 2 aromatic rings. The summed E-state index contributed by atoms with van der Waals surface area (Å²) < 4.78 is 1.81. The zero-order valence-corrected chi connectivity index (χ0v) is 9.64. The summed E-state index contributed by atoms with van der Waals surface area (Å²) in [5, 5.41) is 4.21. The van der Waals surface area contributed by atoms with E-state index in [0.717, 1.165) is 24.1 Å². The summed E-state index contributed by atoms with van der Waals surface area (Å²) in [6, 6.07) is 1.89. The molecule has 0 radical (unpaired) electrons. The van der Waals surface area contributed by atoms with E-state index >= 15 is 0 Å². The van der Waals surface area contributed by atoms with E-state index in [-0.39, 0.29) is 11.0 Å². The van der Waals surface area contributed by atoms with E-state index in [1.54, 1.807) is 6.20 Å². The Morgan fingerprint density at radius 1 is 1.44 bits per heavy atom. The average molecular weight is 216 g/mol. The van der Waals surface area contributed by atoms with Gasteiger partial charge in [-0.15, -0.1) is 0 Å². The van der Waals surface area contributed by atoms with Gasteiger partial charge in [0, 0.05) is 29.4 Å². The minimum atomic E-state index is -0.0600. The Morgan fingerprint density at radius 3 is 2.88 bits per heavy atom. The van der Waals surface area contributed by atoms with Crippen molar-refractivity contribution in [2.24, 2.45) is 5.73 Å². The minimum absolute atomic E-state index is 0.0415. The van der Waals surface area contributed by atoms with Crippen molar-refractivity contribution in [3.05, 3.63) is 30.2 Å². The van der Waals surface area contributed by atoms with Crippen LogP contribution in [0.5, 0.6) is 0 Å². The lowest BCUT2D eigenvalue weighted by Gasteiger charge is -2.31. The zero-order chi connectivity index (χ0) is 11.4. The normalized spacial score (nSPS) is 18.9. The average Bonchev–Trinajstić information content (AvgIpc) is 2.86. The topological polar surface area (TPSA) is 56.2 Å². The number of nitrogens with zero attached hydrogens (tertiary/aromatic N) is 3. The molecule has 1 aliphatic rings. The summed E-state index contributed by atoms with van der Waals surface area (Å²) in [5.41, 5.74) is 8.25. The number of nitrogens with two attached hydrogens (primary N) is 1. The first-order valence-corrected chi connectivity index (χ1v) is 5.62. The van der Waals surface area contributed by atoms with Crippen LogP contribution >= 0.6 is 0 Å². The molecule has 1 fully saturated rings. The Morgan fingerprint density at radius 2 is 2.19 bits per heavy atom. The maximum atomic E-state index is 6.32. The fourth-order valence-electron chi connectivity index (χ4n) is 2.18. The van der Waals surface area contributed by atoms with Crippen molar-refractivity contribution in [3.8, 4) is 0 Å². The first-order chi connectivity index (χ1) is 7.53. The van der Waals surface area contributed by atoms with Gasteiger partial charge in [0.1, 0.15) is 0 Å². The number of aromatic nitrogens is 3. The number of hydrogen-bond acceptors (Lipinski definition) is 3. The van der Waals surface area contributed by atoms with Gasteiger partial charge in [-0.1, -0.05) is 13.8 Å². The van der Waals surface area contributed by atoms with Gasteiger partial charge < -0.3 is 5.73 Å². The van der Waals surface area contributed by atoms with E-state index in [1.807, 2.05) is 23.0 Å². The van der Waals surface area contributed by atoms with Gasteiger partial charge in [0.05, 0.1) is 6.20 Å². The van der Waals surface area contributed by atoms with Crippen LogP contribution in [-0.4, -0.2) is 20.1 Å². The predicted molar refractivity (Wildman–Crippen MR) is 62.2 cm³/mol. The fourth-order valence-corrected chi connectivity index (χ4v) is 2.18. The van der Waals surface area contributed by atoms with Crippen molar-refractivity contribution in [2.45, 2.75) is 37.6 Å². The van der Waals surface area contributed by atoms with Crippen molar-refractivity contribution < 1.29 is 0 Å². The van der Waals surface area contributed by atoms with Gasteiger partial charge in [-0.05, 0) is 18.4 Å². The van der Waals surface area contributed by atoms with E-state index in [1.165, 1.54) is 0 Å². The van der Waals surface area contributed by atoms with Gasteiger partial charge in [0.2, 0.25) is 0 Å². The summed E-state index contributed by atoms with van der Waals surface area (Å²) >= 11 is 0. The summed E-state index contributed by atoms with van der Waals surface area (Å²) in [7, 11) is 0. The highest BCUT2D eigenvalue weighted by Gasteiger charge is 2.52. The van der Waals surface area contributed by atoms with Crippen LogP contribution in [0.2, 0.25) is 0 Å². The van der Waals surface area contributed by atoms with Gasteiger partial charge in [-0.2, -0.15) is 5.10 Å². The molecule has 0 amide bonds. The molecular formula is C12H16N4. The van der Waals surface area contributed by atoms with Gasteiger partial charge >= 0.3 is 0 Å². The predicted octanol–water partition coefficient (Wildman–Crippen LogP) is 1.50. The molecule has 3 rings (SSSR count). The summed E-state index contributed by atoms with van der Waals surface area (Å²) in [6.07, 6.45) is 7.90. The fraction of sp³-hybridized carbons (Fsp3) is 0.500. The van der Waals surface area contributed by atoms with Crippen LogP contribution < -0.4 is 5.73 Å². The molecule has 0 aromatic carbocycles. The second-order valence-corrected chi connectivity index (χ2v) is 5.26. The minimum Gasteiger partial charge on any atom is -0.324 e. The molecule has 0 atom stereocenters. The Hall–Kier alpha value is -1.42. The van der Waals surface area contributed by atoms with Crippen LogP contribution in [-0.2, 0) is 5.41 Å². The highest BCUT2D eigenvalue weighted by atomic mass is 15.2. The van der Waals surface area contributed by atoms with Crippen molar-refractivity contribution in [1.82, 2.24) is 14.6 Å². The molecule has 0 bridgehead atoms. The zero-order valence-electron chi connectivity index (χ0n) is 9.64. The maximum Gasteiger partial charge on any atom is 0.154 e. The number of hydrogen-bond donors (Lipinski definition) is 1. The van der Waals surface area contributed by atoms with Crippen LogP contribution in [0.3, 0.4) is 0 Å². The van der Waals surface area contributed by atoms with E-state index in [4.69, 9.17) is 5.73 Å². The molecule has 0 spiro atoms. The molecule has 2 heterocycles. The van der Waals surface area contributed by atoms with Gasteiger partial charge in [0.15, 0.2) is 5.65 Å². The Balaban J connectivity index is 2.11. The monoisotopic (exact) mass is 216 g/mol. The maximum absolute atomic E-state index is 6.32. The summed E-state index contributed by atoms with van der Waals surface area (Å²) in [5.74, 6) is 0. The molecule has 0 aliphatic heterocycles. The third kappa shape index (κ3) is 1.19. The Labute approximate surface area is 94.5 Å². The molecule has 2 aromatic heterocycles. The molecule has 1 saturated carbocycles. The SMILES string of the molecule is CC(C)(c1cnc2ccnn2c1)C1(N)CC1. The van der Waals surface area contributed by atoms with E-state index in [2.05, 4.69) is 23.9 Å². The van der Waals surface area contributed by atoms with E-state index < -0.39 is 0 Å². The number of fused-ring (bicyclic) bond motifs is 1. The number of rotatable bonds is 2. The van der Waals surface area contributed by atoms with Gasteiger partial charge in [0.25, 0.3) is 0 Å². The lowest BCUT2D eigenvalue weighted by molar-refractivity contribution is 0.388. The smallest absolute Gasteiger partial charge is 0.154 e. The van der Waals surface area contributed by atoms with Crippen molar-refractivity contribution >= 4 is 5.65 Å². The highest BCUT2D eigenvalue weighted by Crippen LogP contribution is 2.48. The molecular weight excluding hydrogens is 200 g/mol. The lowest BCUT2D eigenvalue weighted by atomic mass is 9.77. The lowest BCUT2D eigenvalue weighted by Crippen LogP contribution is -2.43. The van der Waals surface area contributed by atoms with Gasteiger partial charge in [-0.25, -0.2) is 9.50 Å². The Bertz CT molecular complexity index is 537. The summed E-state index contributed by atoms with van der Waals surface area (Å²) in [6.45, 7) is 4.37. The molecule has 1 aliphatic carbocycles. The molecule has 2 N–H and O–H groups in total. The van der Waals surface area contributed by atoms with E-state index in [0.29, 0.717) is 0 Å². The third-order valence-electron chi connectivity index (χ3n) is 4.00. The van der Waals surface area contributed by atoms with Crippen LogP contribution in [0, 0.1) is 0 Å². The largest absolute Gasteiger partial charge is 0.324 e. The molecule has 0 unspecified atom stereocenters. The molecule has 16 heavy (non-hydrogen) atoms. The molecule has 0 saturated heterocycles. The molecule has 4 nitrogen and oxygen atoms in total. The van der Waals surface area contributed by atoms with Crippen LogP contribution in [0.4, 0.5) is 0 Å². The van der Waals surface area contributed by atoms with Crippen LogP contribution in [0.15, 0.2) is 24.7 Å². The highest BCUT2D eigenvalue weighted by molar-refractivity contribution is 5.39. The second-order valence-electron chi connectivity index (χ2n) is 5.26. The quantitative estimate of drug-likeness (QED) is 0.827. The van der Waals surface area contributed by atoms with E-state index in [9.17, 15) is 0 Å². The van der Waals surface area contributed by atoms with Gasteiger partial charge in [-0.3, -0.25) is 0 Å². The van der Waals surface area contributed by atoms with Crippen LogP contribution in [0.1, 0.15) is 32.3 Å². The standard InChI is InChI=1S/C12H16N4/c1-11(2,12(13)4-5-12)9-7-14-10-3-6-15-16(10)8-9/h3,6-8H,4-5,13H2,1-2H3. The van der Waals surface area contributed by atoms with Crippen molar-refractivity contribution in [1.29, 1.82) is 0 Å².